The second kappa shape index (κ2) is 18.9. The van der Waals surface area contributed by atoms with Crippen LogP contribution in [-0.4, -0.2) is 212 Å². The van der Waals surface area contributed by atoms with Gasteiger partial charge in [-0.15, -0.1) is 0 Å². The van der Waals surface area contributed by atoms with Crippen molar-refractivity contribution in [3.8, 4) is 11.5 Å². The Morgan fingerprint density at radius 3 is 1.60 bits per heavy atom. The first-order valence-corrected chi connectivity index (χ1v) is 17.6. The number of ether oxygens (including phenoxy) is 9. The number of aliphatic hydroxyl groups is 11. The highest BCUT2D eigenvalue weighted by molar-refractivity contribution is 5.73. The summed E-state index contributed by atoms with van der Waals surface area (Å²) >= 11 is 0. The van der Waals surface area contributed by atoms with Crippen LogP contribution in [0.4, 0.5) is 0 Å². The van der Waals surface area contributed by atoms with Crippen LogP contribution < -0.4 is 14.8 Å². The number of rotatable bonds is 13. The molecule has 314 valence electrons. The van der Waals surface area contributed by atoms with Crippen LogP contribution >= 0.6 is 0 Å². The molecule has 1 aromatic carbocycles. The summed E-state index contributed by atoms with van der Waals surface area (Å²) in [4.78, 5) is 12.6. The average molecular weight is 798 g/mol. The van der Waals surface area contributed by atoms with Gasteiger partial charge in [-0.05, 0) is 31.2 Å². The van der Waals surface area contributed by atoms with E-state index in [2.05, 4.69) is 5.32 Å². The van der Waals surface area contributed by atoms with E-state index in [4.69, 9.17) is 42.6 Å². The van der Waals surface area contributed by atoms with Gasteiger partial charge in [0.15, 0.2) is 25.0 Å². The highest BCUT2D eigenvalue weighted by Gasteiger charge is 2.56. The fourth-order valence-electron chi connectivity index (χ4n) is 6.73. The molecule has 0 unspecified atom stereocenters. The Kier molecular flexibility index (Phi) is 15.0. The highest BCUT2D eigenvalue weighted by Crippen LogP contribution is 2.36. The average Bonchev–Trinajstić information content (AvgIpc) is 3.17. The topological polar surface area (TPSA) is 335 Å². The van der Waals surface area contributed by atoms with Crippen molar-refractivity contribution >= 4 is 5.91 Å². The molecular weight excluding hydrogens is 746 g/mol. The summed E-state index contributed by atoms with van der Waals surface area (Å²) in [6, 6.07) is 4.50. The molecule has 0 radical (unpaired) electrons. The molecule has 55 heavy (non-hydrogen) atoms. The molecule has 12 N–H and O–H groups in total. The zero-order valence-electron chi connectivity index (χ0n) is 30.0. The third kappa shape index (κ3) is 9.49. The van der Waals surface area contributed by atoms with Crippen molar-refractivity contribution in [3.63, 3.8) is 0 Å². The predicted molar refractivity (Wildman–Crippen MR) is 175 cm³/mol. The van der Waals surface area contributed by atoms with Gasteiger partial charge < -0.3 is 104 Å². The lowest BCUT2D eigenvalue weighted by atomic mass is 9.94. The Labute approximate surface area is 314 Å². The van der Waals surface area contributed by atoms with Crippen LogP contribution in [0.5, 0.6) is 11.5 Å². The SMILES string of the molecule is COc1ccc(O[C@H]2O[C@H](CO)[C@H](O)[C@H](O[C@@H]3O[C@H](CO)[C@H](O)[C@H](O[C@@H]4O[C@H](CO)[C@H](O)[C@H](O)[C@H]4O)[C@H]3NC(C)=O)[C@H]2O[C@@H]2O[C@@H](C)[C@@H](O)[C@@H](O)[C@@H]2O)cc1. The molecule has 0 aromatic heterocycles. The summed E-state index contributed by atoms with van der Waals surface area (Å²) in [5.74, 6) is -0.120. The van der Waals surface area contributed by atoms with Gasteiger partial charge in [0.2, 0.25) is 12.2 Å². The standard InChI is InChI=1S/C33H51NO21/c1-11-19(39)23(43)25(45)31(48-11)55-29-28(22(42)17(10-37)52-33(29)49-14-6-4-13(47-3)5-7-14)54-30-18(34-12(2)38)27(21(41)16(9-36)50-30)53-32-26(46)24(44)20(40)15(8-35)51-32/h4-7,11,15-33,35-37,39-46H,8-10H2,1-3H3,(H,34,38)/t11-,15+,16+,17+,18+,19+,20-,21-,22-,23+,24-,25-,26+,27+,28-,29+,30-,31-,32-,33-/m0/s1. The zero-order chi connectivity index (χ0) is 40.3. The van der Waals surface area contributed by atoms with Crippen LogP contribution in [0.3, 0.4) is 0 Å². The fourth-order valence-corrected chi connectivity index (χ4v) is 6.73. The van der Waals surface area contributed by atoms with E-state index in [1.54, 1.807) is 12.1 Å². The Morgan fingerprint density at radius 1 is 0.582 bits per heavy atom. The van der Waals surface area contributed by atoms with Crippen molar-refractivity contribution < 1.29 is 104 Å². The zero-order valence-corrected chi connectivity index (χ0v) is 30.0. The first kappa shape index (κ1) is 43.7. The quantitative estimate of drug-likeness (QED) is 0.0883. The van der Waals surface area contributed by atoms with Crippen LogP contribution in [0, 0.1) is 0 Å². The Morgan fingerprint density at radius 2 is 1.04 bits per heavy atom. The number of nitrogens with one attached hydrogen (secondary N) is 1. The number of benzene rings is 1. The number of amides is 1. The number of methoxy groups -OCH3 is 1. The van der Waals surface area contributed by atoms with Gasteiger partial charge in [0.05, 0.1) is 33.0 Å². The Hall–Kier alpha value is -2.43. The summed E-state index contributed by atoms with van der Waals surface area (Å²) in [6.45, 7) is -0.0358. The normalized spacial score (nSPS) is 45.1. The van der Waals surface area contributed by atoms with Crippen molar-refractivity contribution in [1.29, 1.82) is 0 Å². The fraction of sp³-hybridized carbons (Fsp3) is 0.788. The van der Waals surface area contributed by atoms with Gasteiger partial charge in [0.25, 0.3) is 0 Å². The first-order chi connectivity index (χ1) is 26.1. The van der Waals surface area contributed by atoms with Gasteiger partial charge in [-0.2, -0.15) is 0 Å². The molecule has 4 aliphatic heterocycles. The van der Waals surface area contributed by atoms with E-state index >= 15 is 0 Å². The molecule has 1 amide bonds. The molecular formula is C33H51NO21. The minimum atomic E-state index is -1.95. The molecule has 4 saturated heterocycles. The molecule has 20 atom stereocenters. The second-order valence-corrected chi connectivity index (χ2v) is 13.6. The molecule has 0 bridgehead atoms. The number of carbonyl (C=O) groups is 1. The van der Waals surface area contributed by atoms with E-state index in [1.807, 2.05) is 0 Å². The smallest absolute Gasteiger partial charge is 0.229 e. The molecule has 0 aliphatic carbocycles. The third-order valence-electron chi connectivity index (χ3n) is 9.86. The molecule has 5 rings (SSSR count). The van der Waals surface area contributed by atoms with E-state index < -0.39 is 148 Å². The maximum absolute atomic E-state index is 12.6. The number of aliphatic hydroxyl groups excluding tert-OH is 11. The van der Waals surface area contributed by atoms with Gasteiger partial charge in [0.1, 0.15) is 96.9 Å². The van der Waals surface area contributed by atoms with E-state index in [-0.39, 0.29) is 5.75 Å². The predicted octanol–water partition coefficient (Wildman–Crippen LogP) is -6.48. The number of hydrogen-bond donors (Lipinski definition) is 12. The molecule has 1 aromatic rings. The van der Waals surface area contributed by atoms with Gasteiger partial charge in [-0.25, -0.2) is 0 Å². The highest BCUT2D eigenvalue weighted by atomic mass is 16.8. The molecule has 0 spiro atoms. The van der Waals surface area contributed by atoms with Crippen LogP contribution in [-0.2, 0) is 38.0 Å². The van der Waals surface area contributed by atoms with Crippen molar-refractivity contribution in [2.45, 2.75) is 137 Å². The van der Waals surface area contributed by atoms with Crippen LogP contribution in [0.15, 0.2) is 24.3 Å². The molecule has 4 aliphatic rings. The monoisotopic (exact) mass is 797 g/mol. The third-order valence-corrected chi connectivity index (χ3v) is 9.86. The van der Waals surface area contributed by atoms with Crippen molar-refractivity contribution in [3.05, 3.63) is 24.3 Å². The first-order valence-electron chi connectivity index (χ1n) is 17.6. The molecule has 22 heteroatoms. The summed E-state index contributed by atoms with van der Waals surface area (Å²) in [5.41, 5.74) is 0. The van der Waals surface area contributed by atoms with Gasteiger partial charge in [-0.1, -0.05) is 0 Å². The summed E-state index contributed by atoms with van der Waals surface area (Å²) in [5, 5.41) is 118. The lowest BCUT2D eigenvalue weighted by Crippen LogP contribution is -2.70. The second-order valence-electron chi connectivity index (χ2n) is 13.6. The van der Waals surface area contributed by atoms with E-state index in [0.29, 0.717) is 5.75 Å². The van der Waals surface area contributed by atoms with Crippen molar-refractivity contribution in [2.24, 2.45) is 0 Å². The summed E-state index contributed by atoms with van der Waals surface area (Å²) in [7, 11) is 1.45. The molecule has 0 saturated carbocycles. The van der Waals surface area contributed by atoms with Gasteiger partial charge in [0, 0.05) is 6.92 Å². The van der Waals surface area contributed by atoms with Crippen LogP contribution in [0.25, 0.3) is 0 Å². The maximum Gasteiger partial charge on any atom is 0.229 e. The van der Waals surface area contributed by atoms with Crippen LogP contribution in [0.2, 0.25) is 0 Å². The van der Waals surface area contributed by atoms with Gasteiger partial charge >= 0.3 is 0 Å². The number of carbonyl (C=O) groups excluding carboxylic acids is 1. The number of hydrogen-bond acceptors (Lipinski definition) is 21. The van der Waals surface area contributed by atoms with Gasteiger partial charge in [-0.3, -0.25) is 4.79 Å². The lowest BCUT2D eigenvalue weighted by molar-refractivity contribution is -0.383. The van der Waals surface area contributed by atoms with Crippen molar-refractivity contribution in [2.75, 3.05) is 26.9 Å². The minimum absolute atomic E-state index is 0.154. The lowest BCUT2D eigenvalue weighted by Gasteiger charge is -2.50. The Bertz CT molecular complexity index is 1360. The summed E-state index contributed by atoms with van der Waals surface area (Å²) in [6.07, 6.45) is -32.0. The largest absolute Gasteiger partial charge is 0.497 e. The summed E-state index contributed by atoms with van der Waals surface area (Å²) < 4.78 is 52.3. The minimum Gasteiger partial charge on any atom is -0.497 e. The van der Waals surface area contributed by atoms with Crippen LogP contribution in [0.1, 0.15) is 13.8 Å². The Balaban J connectivity index is 1.51. The maximum atomic E-state index is 12.6. The van der Waals surface area contributed by atoms with Crippen molar-refractivity contribution in [1.82, 2.24) is 5.32 Å². The molecule has 22 nitrogen and oxygen atoms in total. The van der Waals surface area contributed by atoms with E-state index in [9.17, 15) is 61.0 Å². The van der Waals surface area contributed by atoms with E-state index in [0.717, 1.165) is 6.92 Å². The molecule has 4 fully saturated rings. The molecule has 4 heterocycles. The van der Waals surface area contributed by atoms with E-state index in [1.165, 1.54) is 26.2 Å².